The molecule has 7 unspecified atom stereocenters. The van der Waals surface area contributed by atoms with Crippen molar-refractivity contribution in [3.63, 3.8) is 0 Å². The third-order valence-electron chi connectivity index (χ3n) is 10.1. The minimum atomic E-state index is -2.00. The number of aliphatic carboxylic acids is 1. The standard InChI is InChI=1S/C27H29NO10.C9H18N2O6/c1-10-22(30)14(28)7-17(37-10)38-16-9-27(35,11(2)29)8-13-19(16)26(34)21-20(24(13)32)23(31)12-5-4-6-15(36-3)18(12)25(21)33;10-6(8(16)17)1-2-7(15)11-9(3-12,4-13)5-14/h4-6,10,14,16-17,22,30,32,34-35H,7-9,28H2,1-3H3;6,12-14H,1-5,10H2,(H,11,15)(H,16,17). The van der Waals surface area contributed by atoms with Crippen LogP contribution in [0.3, 0.4) is 0 Å². The smallest absolute Gasteiger partial charge is 0.320 e. The lowest BCUT2D eigenvalue weighted by Crippen LogP contribution is -2.57. The van der Waals surface area contributed by atoms with E-state index in [9.17, 15) is 44.4 Å². The van der Waals surface area contributed by atoms with Gasteiger partial charge in [0.05, 0.1) is 61.9 Å². The van der Waals surface area contributed by atoms with Gasteiger partial charge in [-0.05, 0) is 26.3 Å². The number of carbonyl (C=O) groups is 5. The number of carbonyl (C=O) groups excluding carboxylic acids is 4. The molecular weight excluding hydrogens is 730 g/mol. The van der Waals surface area contributed by atoms with Crippen LogP contribution in [0.5, 0.6) is 17.2 Å². The second-order valence-corrected chi connectivity index (χ2v) is 13.9. The van der Waals surface area contributed by atoms with E-state index in [1.54, 1.807) is 6.92 Å². The number of ketones is 3. The summed E-state index contributed by atoms with van der Waals surface area (Å²) in [6.07, 6.45) is -4.77. The average molecular weight is 778 g/mol. The Morgan fingerprint density at radius 2 is 1.67 bits per heavy atom. The van der Waals surface area contributed by atoms with Gasteiger partial charge in [-0.1, -0.05) is 12.1 Å². The van der Waals surface area contributed by atoms with Crippen molar-refractivity contribution in [1.82, 2.24) is 5.32 Å². The second-order valence-electron chi connectivity index (χ2n) is 13.9. The van der Waals surface area contributed by atoms with Crippen molar-refractivity contribution in [2.45, 2.75) is 93.8 Å². The van der Waals surface area contributed by atoms with Crippen molar-refractivity contribution in [3.8, 4) is 17.2 Å². The molecule has 1 amide bonds. The van der Waals surface area contributed by atoms with Crippen LogP contribution in [0.15, 0.2) is 18.2 Å². The number of hydrogen-bond acceptors (Lipinski definition) is 17. The number of aliphatic hydroxyl groups excluding tert-OH is 4. The van der Waals surface area contributed by atoms with Crippen LogP contribution >= 0.6 is 0 Å². The van der Waals surface area contributed by atoms with Crippen LogP contribution in [0, 0.1) is 0 Å². The highest BCUT2D eigenvalue weighted by Crippen LogP contribution is 2.52. The van der Waals surface area contributed by atoms with Crippen LogP contribution in [-0.2, 0) is 30.3 Å². The third-order valence-corrected chi connectivity index (χ3v) is 10.1. The molecule has 5 rings (SSSR count). The van der Waals surface area contributed by atoms with Crippen LogP contribution in [0.4, 0.5) is 0 Å². The molecule has 1 aliphatic heterocycles. The van der Waals surface area contributed by atoms with Gasteiger partial charge in [0.25, 0.3) is 0 Å². The number of nitrogens with one attached hydrogen (secondary N) is 1. The van der Waals surface area contributed by atoms with E-state index >= 15 is 0 Å². The van der Waals surface area contributed by atoms with Gasteiger partial charge in [0, 0.05) is 48.4 Å². The molecule has 55 heavy (non-hydrogen) atoms. The Balaban J connectivity index is 0.000000335. The quantitative estimate of drug-likeness (QED) is 0.0889. The predicted octanol–water partition coefficient (Wildman–Crippen LogP) is -1.96. The zero-order valence-corrected chi connectivity index (χ0v) is 30.4. The molecule has 0 saturated carbocycles. The largest absolute Gasteiger partial charge is 0.507 e. The molecule has 302 valence electrons. The molecule has 0 bridgehead atoms. The third kappa shape index (κ3) is 8.49. The summed E-state index contributed by atoms with van der Waals surface area (Å²) >= 11 is 0. The Labute approximate surface area is 314 Å². The lowest BCUT2D eigenvalue weighted by atomic mass is 9.72. The van der Waals surface area contributed by atoms with Gasteiger partial charge in [-0.15, -0.1) is 0 Å². The molecule has 2 aromatic carbocycles. The SMILES string of the molecule is COc1cccc2c1C(=O)c1c(O)c3c(c(O)c1C2=O)CC(O)(C(C)=O)CC3OC1CC(N)C(O)C(C)O1.NC(CCC(=O)NC(CO)(CO)CO)C(=O)O. The fourth-order valence-electron chi connectivity index (χ4n) is 6.70. The highest BCUT2D eigenvalue weighted by Gasteiger charge is 2.49. The molecule has 0 radical (unpaired) electrons. The van der Waals surface area contributed by atoms with E-state index in [-0.39, 0.29) is 53.7 Å². The molecule has 0 spiro atoms. The number of phenolic OH excluding ortho intramolecular Hbond substituents is 2. The summed E-state index contributed by atoms with van der Waals surface area (Å²) in [6, 6.07) is 2.60. The molecule has 13 N–H and O–H groups in total. The summed E-state index contributed by atoms with van der Waals surface area (Å²) in [5.41, 5.74) is 6.68. The maximum atomic E-state index is 13.6. The number of carboxylic acids is 1. The lowest BCUT2D eigenvalue weighted by molar-refractivity contribution is -0.247. The van der Waals surface area contributed by atoms with Gasteiger partial charge in [0.15, 0.2) is 17.9 Å². The first-order chi connectivity index (χ1) is 25.8. The number of aromatic hydroxyl groups is 2. The van der Waals surface area contributed by atoms with Crippen LogP contribution in [0.1, 0.15) is 88.6 Å². The molecule has 2 aromatic rings. The van der Waals surface area contributed by atoms with E-state index < -0.39 is 126 Å². The average Bonchev–Trinajstić information content (AvgIpc) is 3.15. The zero-order valence-electron chi connectivity index (χ0n) is 30.4. The maximum absolute atomic E-state index is 13.6. The highest BCUT2D eigenvalue weighted by molar-refractivity contribution is 6.31. The summed E-state index contributed by atoms with van der Waals surface area (Å²) in [5, 5.41) is 81.7. The number of fused-ring (bicyclic) bond motifs is 3. The monoisotopic (exact) mass is 777 g/mol. The van der Waals surface area contributed by atoms with Crippen LogP contribution in [0.2, 0.25) is 0 Å². The number of nitrogens with two attached hydrogens (primary N) is 2. The highest BCUT2D eigenvalue weighted by atomic mass is 16.7. The first-order valence-corrected chi connectivity index (χ1v) is 17.3. The van der Waals surface area contributed by atoms with Crippen LogP contribution in [0.25, 0.3) is 0 Å². The summed E-state index contributed by atoms with van der Waals surface area (Å²) < 4.78 is 17.1. The Hall–Kier alpha value is -4.57. The Kier molecular flexibility index (Phi) is 13.4. The van der Waals surface area contributed by atoms with Crippen molar-refractivity contribution in [2.24, 2.45) is 11.5 Å². The van der Waals surface area contributed by atoms with Crippen molar-refractivity contribution >= 4 is 29.2 Å². The molecule has 3 aliphatic rings. The van der Waals surface area contributed by atoms with Gasteiger partial charge in [-0.2, -0.15) is 0 Å². The van der Waals surface area contributed by atoms with Gasteiger partial charge < -0.3 is 71.8 Å². The lowest BCUT2D eigenvalue weighted by Gasteiger charge is -2.42. The number of methoxy groups -OCH3 is 1. The van der Waals surface area contributed by atoms with Crippen molar-refractivity contribution in [2.75, 3.05) is 26.9 Å². The molecular formula is C36H47N3O16. The maximum Gasteiger partial charge on any atom is 0.320 e. The topological polar surface area (TPSA) is 339 Å². The Bertz CT molecular complexity index is 1810. The molecule has 7 atom stereocenters. The van der Waals surface area contributed by atoms with E-state index in [0.29, 0.717) is 0 Å². The molecule has 1 fully saturated rings. The second kappa shape index (κ2) is 17.1. The van der Waals surface area contributed by atoms with Crippen LogP contribution in [-0.4, -0.2) is 139 Å². The van der Waals surface area contributed by atoms with E-state index in [1.165, 1.54) is 32.2 Å². The van der Waals surface area contributed by atoms with Crippen LogP contribution < -0.4 is 21.5 Å². The number of benzene rings is 2. The van der Waals surface area contributed by atoms with Gasteiger partial charge in [-0.25, -0.2) is 0 Å². The summed E-state index contributed by atoms with van der Waals surface area (Å²) in [5.74, 6) is -4.99. The number of rotatable bonds is 12. The van der Waals surface area contributed by atoms with Crippen molar-refractivity contribution in [1.29, 1.82) is 0 Å². The number of Topliss-reactive ketones (excluding diaryl/α,β-unsaturated/α-hetero) is 1. The van der Waals surface area contributed by atoms with Crippen molar-refractivity contribution < 1.29 is 79.0 Å². The number of carboxylic acid groups (broad SMARTS) is 1. The number of aliphatic hydroxyl groups is 5. The minimum absolute atomic E-state index is 0.0147. The molecule has 19 nitrogen and oxygen atoms in total. The first kappa shape index (κ1) is 43.2. The fourth-order valence-corrected chi connectivity index (χ4v) is 6.70. The zero-order chi connectivity index (χ0) is 41.2. The molecule has 1 heterocycles. The number of hydrogen-bond donors (Lipinski definition) is 11. The first-order valence-electron chi connectivity index (χ1n) is 17.3. The number of amides is 1. The van der Waals surface area contributed by atoms with Gasteiger partial charge in [0.1, 0.15) is 34.4 Å². The predicted molar refractivity (Wildman–Crippen MR) is 187 cm³/mol. The van der Waals surface area contributed by atoms with E-state index in [1.807, 2.05) is 0 Å². The Morgan fingerprint density at radius 1 is 1.05 bits per heavy atom. The Morgan fingerprint density at radius 3 is 2.22 bits per heavy atom. The van der Waals surface area contributed by atoms with Crippen molar-refractivity contribution in [3.05, 3.63) is 51.6 Å². The normalized spacial score (nSPS) is 25.0. The molecule has 19 heteroatoms. The summed E-state index contributed by atoms with van der Waals surface area (Å²) in [4.78, 5) is 61.3. The summed E-state index contributed by atoms with van der Waals surface area (Å²) in [7, 11) is 1.34. The van der Waals surface area contributed by atoms with Gasteiger partial charge >= 0.3 is 5.97 Å². The van der Waals surface area contributed by atoms with E-state index in [0.717, 1.165) is 0 Å². The fraction of sp³-hybridized carbons (Fsp3) is 0.528. The van der Waals surface area contributed by atoms with Gasteiger partial charge in [-0.3, -0.25) is 24.0 Å². The van der Waals surface area contributed by atoms with E-state index in [4.69, 9.17) is 46.1 Å². The number of phenols is 2. The number of ether oxygens (including phenoxy) is 3. The molecule has 1 saturated heterocycles. The molecule has 0 aromatic heterocycles. The summed E-state index contributed by atoms with van der Waals surface area (Å²) in [6.45, 7) is 0.903. The van der Waals surface area contributed by atoms with E-state index in [2.05, 4.69) is 5.32 Å². The minimum Gasteiger partial charge on any atom is -0.507 e. The molecule has 2 aliphatic carbocycles. The van der Waals surface area contributed by atoms with Gasteiger partial charge in [0.2, 0.25) is 11.7 Å².